The molecule has 1 saturated heterocycles. The van der Waals surface area contributed by atoms with Crippen LogP contribution in [-0.4, -0.2) is 54.4 Å². The predicted molar refractivity (Wildman–Crippen MR) is 105 cm³/mol. The Morgan fingerprint density at radius 3 is 2.71 bits per heavy atom. The average Bonchev–Trinajstić information content (AvgIpc) is 2.72. The molecule has 2 aromatic rings. The van der Waals surface area contributed by atoms with Crippen LogP contribution in [0.1, 0.15) is 26.7 Å². The van der Waals surface area contributed by atoms with Crippen molar-refractivity contribution < 1.29 is 18.7 Å². The Hall–Kier alpha value is -2.83. The van der Waals surface area contributed by atoms with Crippen molar-refractivity contribution in [3.05, 3.63) is 40.8 Å². The summed E-state index contributed by atoms with van der Waals surface area (Å²) in [7, 11) is 0. The zero-order valence-corrected chi connectivity index (χ0v) is 16.3. The van der Waals surface area contributed by atoms with E-state index in [4.69, 9.17) is 9.15 Å². The molecular weight excluding hydrogens is 360 g/mol. The summed E-state index contributed by atoms with van der Waals surface area (Å²) in [4.78, 5) is 40.0. The van der Waals surface area contributed by atoms with Crippen molar-refractivity contribution in [2.45, 2.75) is 26.7 Å². The van der Waals surface area contributed by atoms with Crippen LogP contribution in [0.3, 0.4) is 0 Å². The second-order valence-corrected chi connectivity index (χ2v) is 6.93. The van der Waals surface area contributed by atoms with Crippen molar-refractivity contribution in [2.75, 3.05) is 32.8 Å². The minimum absolute atomic E-state index is 0.116. The van der Waals surface area contributed by atoms with E-state index in [2.05, 4.69) is 0 Å². The molecule has 7 nitrogen and oxygen atoms in total. The quantitative estimate of drug-likeness (QED) is 0.712. The first-order valence-electron chi connectivity index (χ1n) is 9.75. The SMILES string of the molecule is CCN(CC)C(=O)C1CCCN(C(=O)COc2ccc3ccc(=O)oc3c2)C1. The maximum Gasteiger partial charge on any atom is 0.336 e. The third-order valence-corrected chi connectivity index (χ3v) is 5.16. The second kappa shape index (κ2) is 8.91. The summed E-state index contributed by atoms with van der Waals surface area (Å²) in [5.74, 6) is 0.287. The van der Waals surface area contributed by atoms with Gasteiger partial charge >= 0.3 is 5.63 Å². The largest absolute Gasteiger partial charge is 0.484 e. The lowest BCUT2D eigenvalue weighted by atomic mass is 9.96. The molecule has 150 valence electrons. The van der Waals surface area contributed by atoms with Crippen molar-refractivity contribution in [1.82, 2.24) is 9.80 Å². The van der Waals surface area contributed by atoms with Crippen LogP contribution in [0, 0.1) is 5.92 Å². The highest BCUT2D eigenvalue weighted by Crippen LogP contribution is 2.21. The van der Waals surface area contributed by atoms with Crippen LogP contribution in [-0.2, 0) is 9.59 Å². The van der Waals surface area contributed by atoms with Crippen LogP contribution >= 0.6 is 0 Å². The number of nitrogens with zero attached hydrogens (tertiary/aromatic N) is 2. The highest BCUT2D eigenvalue weighted by atomic mass is 16.5. The van der Waals surface area contributed by atoms with Crippen LogP contribution in [0.25, 0.3) is 11.0 Å². The Kier molecular flexibility index (Phi) is 6.34. The molecule has 1 aromatic carbocycles. The first-order valence-corrected chi connectivity index (χ1v) is 9.75. The van der Waals surface area contributed by atoms with E-state index in [-0.39, 0.29) is 24.3 Å². The Balaban J connectivity index is 1.60. The number of rotatable bonds is 6. The van der Waals surface area contributed by atoms with Gasteiger partial charge in [-0.05, 0) is 44.9 Å². The molecule has 0 bridgehead atoms. The van der Waals surface area contributed by atoms with Gasteiger partial charge in [0.25, 0.3) is 5.91 Å². The zero-order chi connectivity index (χ0) is 20.1. The lowest BCUT2D eigenvalue weighted by molar-refractivity contribution is -0.141. The minimum Gasteiger partial charge on any atom is -0.484 e. The van der Waals surface area contributed by atoms with Gasteiger partial charge in [0.05, 0.1) is 5.92 Å². The number of benzene rings is 1. The normalized spacial score (nSPS) is 16.8. The molecule has 0 spiro atoms. The summed E-state index contributed by atoms with van der Waals surface area (Å²) in [5, 5.41) is 0.784. The standard InChI is InChI=1S/C21H26N2O5/c1-3-22(4-2)21(26)16-6-5-11-23(13-16)19(24)14-27-17-9-7-15-8-10-20(25)28-18(15)12-17/h7-10,12,16H,3-6,11,13-14H2,1-2H3. The van der Waals surface area contributed by atoms with Gasteiger partial charge in [-0.3, -0.25) is 9.59 Å². The smallest absolute Gasteiger partial charge is 0.336 e. The van der Waals surface area contributed by atoms with Gasteiger partial charge in [-0.2, -0.15) is 0 Å². The molecule has 7 heteroatoms. The van der Waals surface area contributed by atoms with Crippen LogP contribution in [0.15, 0.2) is 39.5 Å². The molecule has 0 N–H and O–H groups in total. The van der Waals surface area contributed by atoms with E-state index < -0.39 is 5.63 Å². The molecule has 0 aliphatic carbocycles. The fraction of sp³-hybridized carbons (Fsp3) is 0.476. The number of hydrogen-bond donors (Lipinski definition) is 0. The molecule has 3 rings (SSSR count). The number of ether oxygens (including phenoxy) is 1. The van der Waals surface area contributed by atoms with Crippen molar-refractivity contribution in [1.29, 1.82) is 0 Å². The van der Waals surface area contributed by atoms with Crippen LogP contribution < -0.4 is 10.4 Å². The van der Waals surface area contributed by atoms with E-state index in [9.17, 15) is 14.4 Å². The molecule has 2 amide bonds. The number of carbonyl (C=O) groups excluding carboxylic acids is 2. The van der Waals surface area contributed by atoms with Crippen LogP contribution in [0.5, 0.6) is 5.75 Å². The summed E-state index contributed by atoms with van der Waals surface area (Å²) >= 11 is 0. The van der Waals surface area contributed by atoms with Gasteiger partial charge in [-0.15, -0.1) is 0 Å². The van der Waals surface area contributed by atoms with Gasteiger partial charge in [0.15, 0.2) is 6.61 Å². The Morgan fingerprint density at radius 1 is 1.21 bits per heavy atom. The van der Waals surface area contributed by atoms with E-state index in [0.717, 1.165) is 18.2 Å². The van der Waals surface area contributed by atoms with Gasteiger partial charge in [0.2, 0.25) is 5.91 Å². The monoisotopic (exact) mass is 386 g/mol. The van der Waals surface area contributed by atoms with E-state index in [1.807, 2.05) is 18.7 Å². The van der Waals surface area contributed by atoms with Crippen LogP contribution in [0.4, 0.5) is 0 Å². The summed E-state index contributed by atoms with van der Waals surface area (Å²) in [6, 6.07) is 8.15. The maximum absolute atomic E-state index is 12.6. The third kappa shape index (κ3) is 4.52. The summed E-state index contributed by atoms with van der Waals surface area (Å²) in [5.41, 5.74) is -0.0155. The van der Waals surface area contributed by atoms with Crippen molar-refractivity contribution in [2.24, 2.45) is 5.92 Å². The Morgan fingerprint density at radius 2 is 1.96 bits per heavy atom. The molecule has 1 aliphatic heterocycles. The molecule has 1 aliphatic rings. The van der Waals surface area contributed by atoms with Gasteiger partial charge in [0, 0.05) is 43.7 Å². The van der Waals surface area contributed by atoms with Gasteiger partial charge < -0.3 is 19.0 Å². The highest BCUT2D eigenvalue weighted by Gasteiger charge is 2.30. The zero-order valence-electron chi connectivity index (χ0n) is 16.3. The van der Waals surface area contributed by atoms with E-state index in [1.54, 1.807) is 29.2 Å². The van der Waals surface area contributed by atoms with Gasteiger partial charge in [0.1, 0.15) is 11.3 Å². The maximum atomic E-state index is 12.6. The minimum atomic E-state index is -0.432. The molecule has 1 atom stereocenters. The summed E-state index contributed by atoms with van der Waals surface area (Å²) in [6.07, 6.45) is 1.62. The van der Waals surface area contributed by atoms with Crippen molar-refractivity contribution in [3.63, 3.8) is 0 Å². The third-order valence-electron chi connectivity index (χ3n) is 5.16. The molecule has 1 fully saturated rings. The molecule has 28 heavy (non-hydrogen) atoms. The molecule has 1 unspecified atom stereocenters. The first kappa shape index (κ1) is 19.9. The van der Waals surface area contributed by atoms with Crippen LogP contribution in [0.2, 0.25) is 0 Å². The average molecular weight is 386 g/mol. The van der Waals surface area contributed by atoms with E-state index in [0.29, 0.717) is 37.5 Å². The fourth-order valence-corrected chi connectivity index (χ4v) is 3.57. The molecule has 0 radical (unpaired) electrons. The Labute approximate surface area is 163 Å². The predicted octanol–water partition coefficient (Wildman–Crippen LogP) is 2.28. The van der Waals surface area contributed by atoms with Gasteiger partial charge in [-0.25, -0.2) is 4.79 Å². The summed E-state index contributed by atoms with van der Waals surface area (Å²) in [6.45, 7) is 6.25. The Bertz CT molecular complexity index is 903. The number of likely N-dealkylation sites (tertiary alicyclic amines) is 1. The second-order valence-electron chi connectivity index (χ2n) is 6.93. The highest BCUT2D eigenvalue weighted by molar-refractivity contribution is 5.82. The lowest BCUT2D eigenvalue weighted by Gasteiger charge is -2.34. The lowest BCUT2D eigenvalue weighted by Crippen LogP contribution is -2.47. The number of hydrogen-bond acceptors (Lipinski definition) is 5. The molecule has 1 aromatic heterocycles. The number of piperidine rings is 1. The number of carbonyl (C=O) groups is 2. The fourth-order valence-electron chi connectivity index (χ4n) is 3.57. The van der Waals surface area contributed by atoms with E-state index in [1.165, 1.54) is 6.07 Å². The number of fused-ring (bicyclic) bond motifs is 1. The molecular formula is C21H26N2O5. The summed E-state index contributed by atoms with van der Waals surface area (Å²) < 4.78 is 10.7. The van der Waals surface area contributed by atoms with E-state index >= 15 is 0 Å². The van der Waals surface area contributed by atoms with Crippen molar-refractivity contribution in [3.8, 4) is 5.75 Å². The van der Waals surface area contributed by atoms with Gasteiger partial charge in [-0.1, -0.05) is 0 Å². The molecule has 2 heterocycles. The molecule has 0 saturated carbocycles. The topological polar surface area (TPSA) is 80.1 Å². The van der Waals surface area contributed by atoms with Crippen molar-refractivity contribution >= 4 is 22.8 Å². The number of amides is 2. The first-order chi connectivity index (χ1) is 13.5.